The Labute approximate surface area is 98.6 Å². The Morgan fingerprint density at radius 3 is 3.00 bits per heavy atom. The summed E-state index contributed by atoms with van der Waals surface area (Å²) in [4.78, 5) is 4.30. The molecule has 0 amide bonds. The van der Waals surface area contributed by atoms with Gasteiger partial charge in [0, 0.05) is 18.8 Å². The minimum absolute atomic E-state index is 0.422. The Hall–Kier alpha value is -0.610. The zero-order chi connectivity index (χ0) is 10.8. The number of nitrogens with zero attached hydrogens (tertiary/aromatic N) is 1. The van der Waals surface area contributed by atoms with Crippen molar-refractivity contribution in [1.82, 2.24) is 4.98 Å². The molecule has 1 aromatic rings. The molecule has 0 radical (unpaired) electrons. The van der Waals surface area contributed by atoms with Gasteiger partial charge in [-0.3, -0.25) is 0 Å². The van der Waals surface area contributed by atoms with E-state index >= 15 is 0 Å². The summed E-state index contributed by atoms with van der Waals surface area (Å²) < 4.78 is 1.06. The molecule has 2 rings (SSSR count). The van der Waals surface area contributed by atoms with E-state index in [2.05, 4.69) is 33.2 Å². The highest BCUT2D eigenvalue weighted by Gasteiger charge is 2.25. The zero-order valence-corrected chi connectivity index (χ0v) is 10.4. The van der Waals surface area contributed by atoms with Crippen LogP contribution in [-0.4, -0.2) is 17.6 Å². The van der Waals surface area contributed by atoms with E-state index in [1.807, 2.05) is 12.3 Å². The number of nitrogens with two attached hydrogens (primary N) is 1. The van der Waals surface area contributed by atoms with Crippen LogP contribution in [0.4, 0.5) is 5.82 Å². The van der Waals surface area contributed by atoms with E-state index in [4.69, 9.17) is 5.73 Å². The van der Waals surface area contributed by atoms with E-state index in [0.717, 1.165) is 29.7 Å². The molecule has 0 aromatic carbocycles. The summed E-state index contributed by atoms with van der Waals surface area (Å²) in [6, 6.07) is 2.42. The van der Waals surface area contributed by atoms with Gasteiger partial charge in [-0.15, -0.1) is 0 Å². The number of halogens is 1. The number of rotatable bonds is 3. The summed E-state index contributed by atoms with van der Waals surface area (Å²) in [5.41, 5.74) is 6.95. The predicted molar refractivity (Wildman–Crippen MR) is 65.9 cm³/mol. The lowest BCUT2D eigenvalue weighted by Crippen LogP contribution is -2.39. The molecule has 1 aromatic heterocycles. The molecular weight excluding hydrogens is 254 g/mol. The van der Waals surface area contributed by atoms with E-state index in [1.165, 1.54) is 5.56 Å². The van der Waals surface area contributed by atoms with Gasteiger partial charge >= 0.3 is 0 Å². The van der Waals surface area contributed by atoms with Crippen molar-refractivity contribution in [3.05, 3.63) is 22.3 Å². The molecular formula is C11H16BrN3. The van der Waals surface area contributed by atoms with Crippen molar-refractivity contribution in [1.29, 1.82) is 0 Å². The molecule has 0 unspecified atom stereocenters. The van der Waals surface area contributed by atoms with Crippen molar-refractivity contribution >= 4 is 21.7 Å². The topological polar surface area (TPSA) is 50.9 Å². The van der Waals surface area contributed by atoms with Crippen molar-refractivity contribution in [2.45, 2.75) is 25.8 Å². The van der Waals surface area contributed by atoms with Gasteiger partial charge in [0.1, 0.15) is 5.82 Å². The van der Waals surface area contributed by atoms with Gasteiger partial charge in [-0.2, -0.15) is 0 Å². The van der Waals surface area contributed by atoms with Crippen molar-refractivity contribution in [3.8, 4) is 0 Å². The van der Waals surface area contributed by atoms with Crippen LogP contribution in [-0.2, 0) is 0 Å². The highest BCUT2D eigenvalue weighted by molar-refractivity contribution is 9.10. The molecule has 82 valence electrons. The first kappa shape index (κ1) is 10.9. The standard InChI is InChI=1S/C11H16BrN3/c1-7-2-3-14-11(10(7)12)15-6-8-4-9(13)5-8/h2-3,8-9H,4-6,13H2,1H3,(H,14,15). The molecule has 1 heterocycles. The quantitative estimate of drug-likeness (QED) is 0.886. The summed E-state index contributed by atoms with van der Waals surface area (Å²) in [6.07, 6.45) is 4.10. The average Bonchev–Trinajstić information content (AvgIpc) is 2.17. The maximum atomic E-state index is 5.74. The number of pyridine rings is 1. The minimum atomic E-state index is 0.422. The Bertz CT molecular complexity index is 348. The molecule has 1 fully saturated rings. The van der Waals surface area contributed by atoms with Crippen LogP contribution in [0.2, 0.25) is 0 Å². The van der Waals surface area contributed by atoms with Gasteiger partial charge in [-0.25, -0.2) is 4.98 Å². The second kappa shape index (κ2) is 4.49. The average molecular weight is 270 g/mol. The first-order valence-corrected chi connectivity index (χ1v) is 6.06. The maximum Gasteiger partial charge on any atom is 0.140 e. The third-order valence-corrected chi connectivity index (χ3v) is 3.91. The predicted octanol–water partition coefficient (Wildman–Crippen LogP) is 2.30. The molecule has 0 saturated heterocycles. The number of aryl methyl sites for hydroxylation is 1. The third-order valence-electron chi connectivity index (χ3n) is 2.91. The molecule has 3 nitrogen and oxygen atoms in total. The van der Waals surface area contributed by atoms with Gasteiger partial charge in [0.2, 0.25) is 0 Å². The first-order valence-electron chi connectivity index (χ1n) is 5.27. The Balaban J connectivity index is 1.91. The van der Waals surface area contributed by atoms with Crippen molar-refractivity contribution < 1.29 is 0 Å². The summed E-state index contributed by atoms with van der Waals surface area (Å²) in [6.45, 7) is 3.04. The molecule has 3 N–H and O–H groups in total. The smallest absolute Gasteiger partial charge is 0.140 e. The Morgan fingerprint density at radius 1 is 1.60 bits per heavy atom. The van der Waals surface area contributed by atoms with E-state index in [-0.39, 0.29) is 0 Å². The number of aromatic nitrogens is 1. The largest absolute Gasteiger partial charge is 0.369 e. The van der Waals surface area contributed by atoms with E-state index in [9.17, 15) is 0 Å². The Morgan fingerprint density at radius 2 is 2.33 bits per heavy atom. The fraction of sp³-hybridized carbons (Fsp3) is 0.545. The number of nitrogens with one attached hydrogen (secondary N) is 1. The first-order chi connectivity index (χ1) is 7.16. The van der Waals surface area contributed by atoms with Crippen LogP contribution in [0.3, 0.4) is 0 Å². The third kappa shape index (κ3) is 2.49. The molecule has 1 aliphatic rings. The van der Waals surface area contributed by atoms with Gasteiger partial charge in [-0.1, -0.05) is 0 Å². The lowest BCUT2D eigenvalue weighted by atomic mass is 9.81. The second-order valence-corrected chi connectivity index (χ2v) is 5.06. The van der Waals surface area contributed by atoms with Crippen LogP contribution in [0.5, 0.6) is 0 Å². The van der Waals surface area contributed by atoms with Gasteiger partial charge in [-0.05, 0) is 53.2 Å². The summed E-state index contributed by atoms with van der Waals surface area (Å²) in [7, 11) is 0. The lowest BCUT2D eigenvalue weighted by Gasteiger charge is -2.32. The van der Waals surface area contributed by atoms with Gasteiger partial charge in [0.25, 0.3) is 0 Å². The Kier molecular flexibility index (Phi) is 3.26. The van der Waals surface area contributed by atoms with Crippen molar-refractivity contribution in [2.24, 2.45) is 11.7 Å². The minimum Gasteiger partial charge on any atom is -0.369 e. The van der Waals surface area contributed by atoms with Gasteiger partial charge < -0.3 is 11.1 Å². The van der Waals surface area contributed by atoms with Crippen LogP contribution in [0.25, 0.3) is 0 Å². The van der Waals surface area contributed by atoms with Crippen molar-refractivity contribution in [2.75, 3.05) is 11.9 Å². The summed E-state index contributed by atoms with van der Waals surface area (Å²) in [5.74, 6) is 1.66. The van der Waals surface area contributed by atoms with Crippen LogP contribution < -0.4 is 11.1 Å². The molecule has 15 heavy (non-hydrogen) atoms. The van der Waals surface area contributed by atoms with Crippen molar-refractivity contribution in [3.63, 3.8) is 0 Å². The number of hydrogen-bond acceptors (Lipinski definition) is 3. The maximum absolute atomic E-state index is 5.74. The normalized spacial score (nSPS) is 24.7. The molecule has 0 aliphatic heterocycles. The van der Waals surface area contributed by atoms with E-state index in [0.29, 0.717) is 12.0 Å². The SMILES string of the molecule is Cc1ccnc(NCC2CC(N)C2)c1Br. The molecule has 0 bridgehead atoms. The fourth-order valence-corrected chi connectivity index (χ4v) is 2.23. The molecule has 0 atom stereocenters. The van der Waals surface area contributed by atoms with E-state index in [1.54, 1.807) is 0 Å². The fourth-order valence-electron chi connectivity index (χ4n) is 1.86. The summed E-state index contributed by atoms with van der Waals surface area (Å²) >= 11 is 3.53. The zero-order valence-electron chi connectivity index (χ0n) is 8.83. The van der Waals surface area contributed by atoms with Crippen LogP contribution >= 0.6 is 15.9 Å². The molecule has 1 saturated carbocycles. The number of hydrogen-bond donors (Lipinski definition) is 2. The molecule has 0 spiro atoms. The highest BCUT2D eigenvalue weighted by Crippen LogP contribution is 2.28. The van der Waals surface area contributed by atoms with Gasteiger partial charge in [0.15, 0.2) is 0 Å². The highest BCUT2D eigenvalue weighted by atomic mass is 79.9. The van der Waals surface area contributed by atoms with Gasteiger partial charge in [0.05, 0.1) is 4.47 Å². The second-order valence-electron chi connectivity index (χ2n) is 4.27. The van der Waals surface area contributed by atoms with Crippen LogP contribution in [0.15, 0.2) is 16.7 Å². The van der Waals surface area contributed by atoms with Crippen LogP contribution in [0, 0.1) is 12.8 Å². The monoisotopic (exact) mass is 269 g/mol. The summed E-state index contributed by atoms with van der Waals surface area (Å²) in [5, 5.41) is 3.36. The molecule has 1 aliphatic carbocycles. The van der Waals surface area contributed by atoms with Crippen LogP contribution in [0.1, 0.15) is 18.4 Å². The number of anilines is 1. The van der Waals surface area contributed by atoms with E-state index < -0.39 is 0 Å². The molecule has 4 heteroatoms. The lowest BCUT2D eigenvalue weighted by molar-refractivity contribution is 0.280.